The van der Waals surface area contributed by atoms with Crippen LogP contribution in [0.5, 0.6) is 0 Å². The number of carbonyl (C=O) groups excluding carboxylic acids is 1. The summed E-state index contributed by atoms with van der Waals surface area (Å²) in [5.41, 5.74) is 1.13. The standard InChI is InChI=1S/C15H22N2O3/c1-12(9-20-10-13-5-3-2-4-6-13)17-15(18)14-11-19-8-7-16-14/h2-6,12,14,16H,7-11H2,1H3,(H,17,18). The van der Waals surface area contributed by atoms with Crippen molar-refractivity contribution in [2.75, 3.05) is 26.4 Å². The fourth-order valence-corrected chi connectivity index (χ4v) is 2.05. The second-order valence-electron chi connectivity index (χ2n) is 4.99. The quantitative estimate of drug-likeness (QED) is 0.804. The number of morpholine rings is 1. The number of rotatable bonds is 6. The first-order valence-corrected chi connectivity index (χ1v) is 6.99. The van der Waals surface area contributed by atoms with Gasteiger partial charge in [0.2, 0.25) is 5.91 Å². The minimum absolute atomic E-state index is 0.0186. The normalized spacial score (nSPS) is 20.4. The monoisotopic (exact) mass is 278 g/mol. The summed E-state index contributed by atoms with van der Waals surface area (Å²) in [6.45, 7) is 4.81. The van der Waals surface area contributed by atoms with E-state index in [9.17, 15) is 4.79 Å². The SMILES string of the molecule is CC(COCc1ccccc1)NC(=O)C1COCCN1. The summed E-state index contributed by atoms with van der Waals surface area (Å²) in [6, 6.07) is 9.72. The first kappa shape index (κ1) is 15.0. The Kier molecular flexibility index (Phi) is 5.98. The molecule has 1 aromatic carbocycles. The van der Waals surface area contributed by atoms with Gasteiger partial charge in [0.05, 0.1) is 26.4 Å². The van der Waals surface area contributed by atoms with Crippen LogP contribution in [0.3, 0.4) is 0 Å². The van der Waals surface area contributed by atoms with Crippen molar-refractivity contribution in [3.63, 3.8) is 0 Å². The van der Waals surface area contributed by atoms with Gasteiger partial charge in [-0.3, -0.25) is 4.79 Å². The molecule has 5 heteroatoms. The molecular formula is C15H22N2O3. The van der Waals surface area contributed by atoms with Gasteiger partial charge in [-0.25, -0.2) is 0 Å². The van der Waals surface area contributed by atoms with Crippen LogP contribution in [-0.2, 0) is 20.9 Å². The molecule has 110 valence electrons. The molecule has 0 aliphatic carbocycles. The van der Waals surface area contributed by atoms with Crippen LogP contribution in [-0.4, -0.2) is 44.4 Å². The Morgan fingerprint density at radius 3 is 3.00 bits per heavy atom. The highest BCUT2D eigenvalue weighted by atomic mass is 16.5. The van der Waals surface area contributed by atoms with Gasteiger partial charge in [-0.1, -0.05) is 30.3 Å². The van der Waals surface area contributed by atoms with E-state index >= 15 is 0 Å². The third-order valence-corrected chi connectivity index (χ3v) is 3.11. The zero-order chi connectivity index (χ0) is 14.2. The number of nitrogens with one attached hydrogen (secondary N) is 2. The Labute approximate surface area is 119 Å². The summed E-state index contributed by atoms with van der Waals surface area (Å²) in [7, 11) is 0. The Hall–Kier alpha value is -1.43. The summed E-state index contributed by atoms with van der Waals surface area (Å²) in [6.07, 6.45) is 0. The number of carbonyl (C=O) groups is 1. The molecule has 1 aliphatic heterocycles. The van der Waals surface area contributed by atoms with E-state index in [4.69, 9.17) is 9.47 Å². The van der Waals surface area contributed by atoms with Crippen LogP contribution in [0.25, 0.3) is 0 Å². The van der Waals surface area contributed by atoms with Gasteiger partial charge in [0, 0.05) is 12.6 Å². The van der Waals surface area contributed by atoms with Crippen LogP contribution in [0.15, 0.2) is 30.3 Å². The molecule has 1 saturated heterocycles. The second kappa shape index (κ2) is 7.99. The van der Waals surface area contributed by atoms with E-state index in [0.29, 0.717) is 26.4 Å². The van der Waals surface area contributed by atoms with Crippen molar-refractivity contribution >= 4 is 5.91 Å². The lowest BCUT2D eigenvalue weighted by Crippen LogP contribution is -2.53. The van der Waals surface area contributed by atoms with Crippen molar-refractivity contribution < 1.29 is 14.3 Å². The fourth-order valence-electron chi connectivity index (χ4n) is 2.05. The average Bonchev–Trinajstić information content (AvgIpc) is 2.49. The molecule has 20 heavy (non-hydrogen) atoms. The van der Waals surface area contributed by atoms with E-state index in [2.05, 4.69) is 10.6 Å². The highest BCUT2D eigenvalue weighted by molar-refractivity contribution is 5.82. The number of benzene rings is 1. The molecule has 0 radical (unpaired) electrons. The van der Waals surface area contributed by atoms with Crippen molar-refractivity contribution in [3.8, 4) is 0 Å². The van der Waals surface area contributed by atoms with Crippen LogP contribution in [0.2, 0.25) is 0 Å². The molecule has 1 heterocycles. The van der Waals surface area contributed by atoms with Gasteiger partial charge >= 0.3 is 0 Å². The van der Waals surface area contributed by atoms with Crippen LogP contribution in [0.4, 0.5) is 0 Å². The zero-order valence-electron chi connectivity index (χ0n) is 11.8. The predicted octanol–water partition coefficient (Wildman–Crippen LogP) is 0.696. The molecule has 0 aromatic heterocycles. The summed E-state index contributed by atoms with van der Waals surface area (Å²) >= 11 is 0. The number of hydrogen-bond acceptors (Lipinski definition) is 4. The number of ether oxygens (including phenoxy) is 2. The molecule has 5 nitrogen and oxygen atoms in total. The van der Waals surface area contributed by atoms with E-state index in [1.807, 2.05) is 37.3 Å². The molecular weight excluding hydrogens is 256 g/mol. The second-order valence-corrected chi connectivity index (χ2v) is 4.99. The van der Waals surface area contributed by atoms with Crippen LogP contribution >= 0.6 is 0 Å². The zero-order valence-corrected chi connectivity index (χ0v) is 11.8. The molecule has 2 unspecified atom stereocenters. The van der Waals surface area contributed by atoms with E-state index in [1.165, 1.54) is 0 Å². The molecule has 2 rings (SSSR count). The summed E-state index contributed by atoms with van der Waals surface area (Å²) in [5.74, 6) is -0.0273. The third-order valence-electron chi connectivity index (χ3n) is 3.11. The van der Waals surface area contributed by atoms with Gasteiger partial charge in [0.1, 0.15) is 6.04 Å². The van der Waals surface area contributed by atoms with Gasteiger partial charge in [-0.05, 0) is 12.5 Å². The van der Waals surface area contributed by atoms with E-state index in [-0.39, 0.29) is 18.0 Å². The first-order valence-electron chi connectivity index (χ1n) is 6.99. The van der Waals surface area contributed by atoms with Crippen molar-refractivity contribution in [1.82, 2.24) is 10.6 Å². The average molecular weight is 278 g/mol. The van der Waals surface area contributed by atoms with Crippen LogP contribution < -0.4 is 10.6 Å². The van der Waals surface area contributed by atoms with Crippen LogP contribution in [0.1, 0.15) is 12.5 Å². The van der Waals surface area contributed by atoms with Gasteiger partial charge in [-0.2, -0.15) is 0 Å². The summed E-state index contributed by atoms with van der Waals surface area (Å²) in [5, 5.41) is 6.06. The largest absolute Gasteiger partial charge is 0.378 e. The maximum atomic E-state index is 11.9. The lowest BCUT2D eigenvalue weighted by Gasteiger charge is -2.24. The van der Waals surface area contributed by atoms with Crippen molar-refractivity contribution in [1.29, 1.82) is 0 Å². The Morgan fingerprint density at radius 1 is 1.50 bits per heavy atom. The summed E-state index contributed by atoms with van der Waals surface area (Å²) in [4.78, 5) is 11.9. The Balaban J connectivity index is 1.64. The van der Waals surface area contributed by atoms with Crippen LogP contribution in [0, 0.1) is 0 Å². The van der Waals surface area contributed by atoms with Gasteiger partial charge in [0.25, 0.3) is 0 Å². The first-order chi connectivity index (χ1) is 9.75. The van der Waals surface area contributed by atoms with Gasteiger partial charge in [-0.15, -0.1) is 0 Å². The van der Waals surface area contributed by atoms with E-state index in [0.717, 1.165) is 12.1 Å². The Morgan fingerprint density at radius 2 is 2.30 bits per heavy atom. The molecule has 0 saturated carbocycles. The lowest BCUT2D eigenvalue weighted by atomic mass is 10.2. The molecule has 2 N–H and O–H groups in total. The molecule has 1 aliphatic rings. The molecule has 1 aromatic rings. The molecule has 0 bridgehead atoms. The predicted molar refractivity (Wildman–Crippen MR) is 76.3 cm³/mol. The Bertz CT molecular complexity index is 405. The number of amides is 1. The number of hydrogen-bond donors (Lipinski definition) is 2. The highest BCUT2D eigenvalue weighted by Gasteiger charge is 2.22. The molecule has 0 spiro atoms. The van der Waals surface area contributed by atoms with Gasteiger partial charge < -0.3 is 20.1 Å². The third kappa shape index (κ3) is 4.92. The molecule has 1 fully saturated rings. The van der Waals surface area contributed by atoms with E-state index < -0.39 is 0 Å². The molecule has 1 amide bonds. The maximum absolute atomic E-state index is 11.9. The van der Waals surface area contributed by atoms with E-state index in [1.54, 1.807) is 0 Å². The minimum Gasteiger partial charge on any atom is -0.378 e. The molecule has 2 atom stereocenters. The highest BCUT2D eigenvalue weighted by Crippen LogP contribution is 2.01. The summed E-state index contributed by atoms with van der Waals surface area (Å²) < 4.78 is 10.9. The fraction of sp³-hybridized carbons (Fsp3) is 0.533. The minimum atomic E-state index is -0.250. The smallest absolute Gasteiger partial charge is 0.239 e. The van der Waals surface area contributed by atoms with Crippen molar-refractivity contribution in [2.45, 2.75) is 25.6 Å². The topological polar surface area (TPSA) is 59.6 Å². The van der Waals surface area contributed by atoms with Gasteiger partial charge in [0.15, 0.2) is 0 Å². The lowest BCUT2D eigenvalue weighted by molar-refractivity contribution is -0.127. The van der Waals surface area contributed by atoms with Crippen molar-refractivity contribution in [2.24, 2.45) is 0 Å². The maximum Gasteiger partial charge on any atom is 0.239 e. The van der Waals surface area contributed by atoms with Crippen molar-refractivity contribution in [3.05, 3.63) is 35.9 Å².